The Morgan fingerprint density at radius 3 is 2.61 bits per heavy atom. The van der Waals surface area contributed by atoms with Crippen molar-refractivity contribution in [2.45, 2.75) is 57.8 Å². The predicted octanol–water partition coefficient (Wildman–Crippen LogP) is 4.52. The largest absolute Gasteiger partial charge is 0.381 e. The topological polar surface area (TPSA) is 26.3 Å². The normalized spacial score (nSPS) is 41.2. The number of rotatable bonds is 5. The number of ketones is 1. The Morgan fingerprint density at radius 1 is 1.13 bits per heavy atom. The van der Waals surface area contributed by atoms with Crippen LogP contribution in [0, 0.1) is 16.7 Å². The van der Waals surface area contributed by atoms with Crippen LogP contribution in [-0.2, 0) is 14.9 Å². The van der Waals surface area contributed by atoms with Gasteiger partial charge in [0.05, 0.1) is 6.61 Å². The molecular weight excluding hydrogens is 284 g/mol. The van der Waals surface area contributed by atoms with Gasteiger partial charge in [-0.05, 0) is 74.7 Å². The molecule has 1 aromatic rings. The Morgan fingerprint density at radius 2 is 1.91 bits per heavy atom. The van der Waals surface area contributed by atoms with E-state index in [0.29, 0.717) is 11.7 Å². The maximum absolute atomic E-state index is 12.6. The third-order valence-electron chi connectivity index (χ3n) is 6.93. The van der Waals surface area contributed by atoms with Gasteiger partial charge in [0.2, 0.25) is 0 Å². The zero-order chi connectivity index (χ0) is 16.1. The maximum Gasteiger partial charge on any atom is 0.136 e. The Hall–Kier alpha value is -1.15. The molecule has 0 heterocycles. The van der Waals surface area contributed by atoms with Gasteiger partial charge in [0, 0.05) is 12.0 Å². The first-order valence-electron chi connectivity index (χ1n) is 9.16. The van der Waals surface area contributed by atoms with E-state index in [0.717, 1.165) is 32.5 Å². The van der Waals surface area contributed by atoms with Crippen LogP contribution in [0.4, 0.5) is 0 Å². The van der Waals surface area contributed by atoms with Crippen molar-refractivity contribution >= 4 is 5.78 Å². The standard InChI is InChI=1S/C21H28O2/c1-3-23-15-19-9-17-10-20(12-19,16(2)22)14-21(11-17,13-19)18-7-5-4-6-8-18/h4-8,17H,3,9-15H2,1-2H3/t17?,19-,20?,21-/m1/s1. The minimum Gasteiger partial charge on any atom is -0.381 e. The van der Waals surface area contributed by atoms with Gasteiger partial charge >= 0.3 is 0 Å². The van der Waals surface area contributed by atoms with Crippen LogP contribution in [0.5, 0.6) is 0 Å². The Balaban J connectivity index is 1.78. The first-order valence-corrected chi connectivity index (χ1v) is 9.16. The van der Waals surface area contributed by atoms with Crippen molar-refractivity contribution in [1.29, 1.82) is 0 Å². The number of hydrogen-bond donors (Lipinski definition) is 0. The number of ether oxygens (including phenoxy) is 1. The smallest absolute Gasteiger partial charge is 0.136 e. The van der Waals surface area contributed by atoms with Crippen molar-refractivity contribution < 1.29 is 9.53 Å². The summed E-state index contributed by atoms with van der Waals surface area (Å²) in [7, 11) is 0. The molecule has 2 heteroatoms. The highest BCUT2D eigenvalue weighted by molar-refractivity contribution is 5.83. The molecule has 2 unspecified atom stereocenters. The Labute approximate surface area is 139 Å². The van der Waals surface area contributed by atoms with E-state index in [9.17, 15) is 4.79 Å². The molecule has 4 saturated carbocycles. The highest BCUT2D eigenvalue weighted by atomic mass is 16.5. The number of hydrogen-bond acceptors (Lipinski definition) is 2. The Kier molecular flexibility index (Phi) is 3.46. The molecule has 4 aliphatic rings. The van der Waals surface area contributed by atoms with Gasteiger partial charge in [-0.2, -0.15) is 0 Å². The monoisotopic (exact) mass is 312 g/mol. The highest BCUT2D eigenvalue weighted by Crippen LogP contribution is 2.70. The minimum absolute atomic E-state index is 0.0909. The van der Waals surface area contributed by atoms with Crippen LogP contribution in [0.2, 0.25) is 0 Å². The second-order valence-electron chi connectivity index (χ2n) is 8.63. The van der Waals surface area contributed by atoms with Crippen LogP contribution in [0.15, 0.2) is 30.3 Å². The summed E-state index contributed by atoms with van der Waals surface area (Å²) in [6.07, 6.45) is 6.96. The highest BCUT2D eigenvalue weighted by Gasteiger charge is 2.65. The molecule has 0 spiro atoms. The average molecular weight is 312 g/mol. The van der Waals surface area contributed by atoms with E-state index < -0.39 is 0 Å². The molecule has 0 N–H and O–H groups in total. The number of carbonyl (C=O) groups is 1. The molecule has 0 aromatic heterocycles. The number of Topliss-reactive ketones (excluding diaryl/α,β-unsaturated/α-hetero) is 1. The van der Waals surface area contributed by atoms with E-state index in [1.165, 1.54) is 24.8 Å². The molecule has 124 valence electrons. The lowest BCUT2D eigenvalue weighted by molar-refractivity contribution is -0.168. The second kappa shape index (κ2) is 5.17. The van der Waals surface area contributed by atoms with Crippen molar-refractivity contribution in [3.05, 3.63) is 35.9 Å². The third-order valence-corrected chi connectivity index (χ3v) is 6.93. The van der Waals surface area contributed by atoms with Crippen molar-refractivity contribution in [3.8, 4) is 0 Å². The summed E-state index contributed by atoms with van der Waals surface area (Å²) in [5.41, 5.74) is 1.78. The number of benzene rings is 1. The molecule has 5 rings (SSSR count). The van der Waals surface area contributed by atoms with E-state index in [1.54, 1.807) is 0 Å². The molecule has 1 aromatic carbocycles. The van der Waals surface area contributed by atoms with E-state index in [1.807, 2.05) is 6.92 Å². The van der Waals surface area contributed by atoms with Gasteiger partial charge < -0.3 is 4.74 Å². The lowest BCUT2D eigenvalue weighted by Gasteiger charge is -2.66. The SMILES string of the molecule is CCOC[C@]12CC3CC(C(C)=O)(C1)C[C@@](c1ccccc1)(C3)C2. The summed E-state index contributed by atoms with van der Waals surface area (Å²) in [4.78, 5) is 12.6. The lowest BCUT2D eigenvalue weighted by Crippen LogP contribution is -2.61. The van der Waals surface area contributed by atoms with Crippen molar-refractivity contribution in [1.82, 2.24) is 0 Å². The zero-order valence-corrected chi connectivity index (χ0v) is 14.4. The lowest BCUT2D eigenvalue weighted by atomic mass is 9.38. The van der Waals surface area contributed by atoms with Crippen LogP contribution < -0.4 is 0 Å². The van der Waals surface area contributed by atoms with Crippen LogP contribution in [0.3, 0.4) is 0 Å². The summed E-state index contributed by atoms with van der Waals surface area (Å²) in [5.74, 6) is 1.11. The molecule has 0 saturated heterocycles. The second-order valence-corrected chi connectivity index (χ2v) is 8.63. The molecule has 4 atom stereocenters. The fraction of sp³-hybridized carbons (Fsp3) is 0.667. The van der Waals surface area contributed by atoms with Gasteiger partial charge in [-0.3, -0.25) is 4.79 Å². The molecule has 0 aliphatic heterocycles. The van der Waals surface area contributed by atoms with Crippen LogP contribution in [-0.4, -0.2) is 19.0 Å². The van der Waals surface area contributed by atoms with Gasteiger partial charge in [0.25, 0.3) is 0 Å². The quantitative estimate of drug-likeness (QED) is 0.799. The third kappa shape index (κ3) is 2.29. The molecule has 4 fully saturated rings. The first-order chi connectivity index (χ1) is 11.0. The molecular formula is C21H28O2. The molecule has 4 aliphatic carbocycles. The van der Waals surface area contributed by atoms with Crippen molar-refractivity contribution in [3.63, 3.8) is 0 Å². The summed E-state index contributed by atoms with van der Waals surface area (Å²) in [5, 5.41) is 0. The molecule has 0 radical (unpaired) electrons. The summed E-state index contributed by atoms with van der Waals surface area (Å²) in [6.45, 7) is 5.52. The molecule has 0 amide bonds. The van der Waals surface area contributed by atoms with Crippen molar-refractivity contribution in [2.75, 3.05) is 13.2 Å². The van der Waals surface area contributed by atoms with E-state index in [2.05, 4.69) is 37.3 Å². The van der Waals surface area contributed by atoms with Crippen molar-refractivity contribution in [2.24, 2.45) is 16.7 Å². The summed E-state index contributed by atoms with van der Waals surface area (Å²) >= 11 is 0. The molecule has 23 heavy (non-hydrogen) atoms. The van der Waals surface area contributed by atoms with Crippen LogP contribution in [0.1, 0.15) is 57.9 Å². The fourth-order valence-electron chi connectivity index (χ4n) is 6.62. The van der Waals surface area contributed by atoms with Crippen LogP contribution in [0.25, 0.3) is 0 Å². The minimum atomic E-state index is -0.0909. The van der Waals surface area contributed by atoms with Gasteiger partial charge in [-0.25, -0.2) is 0 Å². The Bertz CT molecular complexity index is 610. The summed E-state index contributed by atoms with van der Waals surface area (Å²) in [6, 6.07) is 11.0. The number of carbonyl (C=O) groups excluding carboxylic acids is 1. The maximum atomic E-state index is 12.6. The van der Waals surface area contributed by atoms with E-state index in [4.69, 9.17) is 4.74 Å². The van der Waals surface area contributed by atoms with Crippen LogP contribution >= 0.6 is 0 Å². The predicted molar refractivity (Wildman–Crippen MR) is 91.4 cm³/mol. The van der Waals surface area contributed by atoms with E-state index in [-0.39, 0.29) is 16.2 Å². The molecule has 4 bridgehead atoms. The fourth-order valence-corrected chi connectivity index (χ4v) is 6.62. The zero-order valence-electron chi connectivity index (χ0n) is 14.4. The van der Waals surface area contributed by atoms with Gasteiger partial charge in [-0.15, -0.1) is 0 Å². The van der Waals surface area contributed by atoms with E-state index >= 15 is 0 Å². The first kappa shape index (κ1) is 15.4. The van der Waals surface area contributed by atoms with Gasteiger partial charge in [0.15, 0.2) is 0 Å². The average Bonchev–Trinajstić information content (AvgIpc) is 2.53. The molecule has 2 nitrogen and oxygen atoms in total. The van der Waals surface area contributed by atoms with Gasteiger partial charge in [-0.1, -0.05) is 30.3 Å². The van der Waals surface area contributed by atoms with Gasteiger partial charge in [0.1, 0.15) is 5.78 Å². The summed E-state index contributed by atoms with van der Waals surface area (Å²) < 4.78 is 5.91.